The van der Waals surface area contributed by atoms with Crippen LogP contribution in [0.4, 0.5) is 36.4 Å². The number of carbonyl (C=O) groups excluding carboxylic acids is 1. The number of carbonyl (C=O) groups is 1. The van der Waals surface area contributed by atoms with Crippen molar-refractivity contribution in [2.24, 2.45) is 0 Å². The molecule has 0 N–H and O–H groups in total. The average Bonchev–Trinajstić information content (AvgIpc) is 2.42. The van der Waals surface area contributed by atoms with E-state index in [4.69, 9.17) is 0 Å². The summed E-state index contributed by atoms with van der Waals surface area (Å²) in [6.45, 7) is 0. The van der Waals surface area contributed by atoms with Crippen LogP contribution >= 0.6 is 0 Å². The predicted molar refractivity (Wildman–Crippen MR) is 62.1 cm³/mol. The van der Waals surface area contributed by atoms with Gasteiger partial charge < -0.3 is 9.64 Å². The molecular weight excluding hydrogens is 323 g/mol. The maximum Gasteiger partial charge on any atom is 0.451 e. The molecule has 124 valence electrons. The number of para-hydroxylation sites is 1. The number of halogens is 7. The van der Waals surface area contributed by atoms with Crippen LogP contribution in [-0.4, -0.2) is 38.3 Å². The first-order valence-corrected chi connectivity index (χ1v) is 5.61. The monoisotopic (exact) mass is 333 g/mol. The van der Waals surface area contributed by atoms with Gasteiger partial charge in [0, 0.05) is 7.05 Å². The van der Waals surface area contributed by atoms with Crippen LogP contribution in [0.3, 0.4) is 0 Å². The molecule has 0 aliphatic rings. The van der Waals surface area contributed by atoms with E-state index in [0.29, 0.717) is 0 Å². The largest absolute Gasteiger partial charge is 0.465 e. The lowest BCUT2D eigenvalue weighted by molar-refractivity contribution is -0.339. The number of rotatable bonds is 3. The second kappa shape index (κ2) is 5.65. The molecule has 0 aliphatic heterocycles. The van der Waals surface area contributed by atoms with Gasteiger partial charge in [-0.15, -0.1) is 0 Å². The minimum atomic E-state index is -6.27. The van der Waals surface area contributed by atoms with Gasteiger partial charge in [0.1, 0.15) is 0 Å². The second-order valence-electron chi connectivity index (χ2n) is 4.19. The zero-order valence-corrected chi connectivity index (χ0v) is 11.2. The average molecular weight is 333 g/mol. The van der Waals surface area contributed by atoms with Gasteiger partial charge >= 0.3 is 24.1 Å². The lowest BCUT2D eigenvalue weighted by atomic mass is 10.1. The van der Waals surface area contributed by atoms with Gasteiger partial charge in [-0.2, -0.15) is 30.7 Å². The Morgan fingerprint density at radius 2 is 1.45 bits per heavy atom. The molecule has 0 aromatic heterocycles. The highest BCUT2D eigenvalue weighted by Gasteiger charge is 2.75. The van der Waals surface area contributed by atoms with Gasteiger partial charge in [0.2, 0.25) is 0 Å². The topological polar surface area (TPSA) is 29.5 Å². The minimum absolute atomic E-state index is 0.253. The van der Waals surface area contributed by atoms with Crippen LogP contribution in [0.1, 0.15) is 10.4 Å². The van der Waals surface area contributed by atoms with Crippen LogP contribution in [0.5, 0.6) is 0 Å². The van der Waals surface area contributed by atoms with Crippen molar-refractivity contribution in [1.82, 2.24) is 0 Å². The summed E-state index contributed by atoms with van der Waals surface area (Å²) in [7, 11) is 1.14. The Hall–Kier alpha value is -2.00. The van der Waals surface area contributed by atoms with Crippen LogP contribution in [0, 0.1) is 0 Å². The van der Waals surface area contributed by atoms with Gasteiger partial charge in [0.25, 0.3) is 0 Å². The molecule has 3 nitrogen and oxygen atoms in total. The number of ether oxygens (including phenoxy) is 1. The number of anilines is 1. The number of alkyl halides is 7. The van der Waals surface area contributed by atoms with Gasteiger partial charge in [0.05, 0.1) is 18.4 Å². The maximum atomic E-state index is 14.0. The van der Waals surface area contributed by atoms with Gasteiger partial charge in [-0.1, -0.05) is 12.1 Å². The first-order valence-electron chi connectivity index (χ1n) is 5.61. The highest BCUT2D eigenvalue weighted by molar-refractivity contribution is 5.95. The zero-order chi connectivity index (χ0) is 17.3. The molecule has 0 bridgehead atoms. The summed E-state index contributed by atoms with van der Waals surface area (Å²) < 4.78 is 94.4. The maximum absolute atomic E-state index is 14.0. The van der Waals surface area contributed by atoms with Crippen molar-refractivity contribution < 1.29 is 40.3 Å². The molecule has 1 aromatic rings. The smallest absolute Gasteiger partial charge is 0.451 e. The van der Waals surface area contributed by atoms with Crippen molar-refractivity contribution in [2.75, 3.05) is 19.1 Å². The Labute approximate surface area is 120 Å². The Morgan fingerprint density at radius 1 is 1.00 bits per heavy atom. The summed E-state index contributed by atoms with van der Waals surface area (Å²) in [5.74, 6) is -6.86. The first-order chi connectivity index (χ1) is 9.88. The van der Waals surface area contributed by atoms with Gasteiger partial charge in [-0.25, -0.2) is 4.79 Å². The highest BCUT2D eigenvalue weighted by atomic mass is 19.4. The van der Waals surface area contributed by atoms with E-state index in [2.05, 4.69) is 4.74 Å². The number of hydrogen-bond acceptors (Lipinski definition) is 3. The second-order valence-corrected chi connectivity index (χ2v) is 4.19. The van der Waals surface area contributed by atoms with Crippen molar-refractivity contribution in [3.8, 4) is 0 Å². The lowest BCUT2D eigenvalue weighted by Crippen LogP contribution is -2.64. The third-order valence-corrected chi connectivity index (χ3v) is 2.88. The standard InChI is InChI=1S/C12H10F7NO2/c1-20(10(13,11(14,15)16)12(17,18)19)8-6-4-3-5-7(8)9(21)22-2/h3-6H,1-2H3. The quantitative estimate of drug-likeness (QED) is 0.480. The highest BCUT2D eigenvalue weighted by Crippen LogP contribution is 2.49. The molecule has 0 spiro atoms. The van der Waals surface area contributed by atoms with E-state index >= 15 is 0 Å². The molecule has 0 atom stereocenters. The van der Waals surface area contributed by atoms with Crippen molar-refractivity contribution in [3.05, 3.63) is 29.8 Å². The van der Waals surface area contributed by atoms with E-state index in [1.165, 1.54) is 6.07 Å². The molecule has 0 saturated heterocycles. The van der Waals surface area contributed by atoms with Gasteiger partial charge in [0.15, 0.2) is 0 Å². The van der Waals surface area contributed by atoms with E-state index in [1.807, 2.05) is 0 Å². The van der Waals surface area contributed by atoms with Gasteiger partial charge in [-0.05, 0) is 12.1 Å². The molecule has 0 heterocycles. The number of benzene rings is 1. The van der Waals surface area contributed by atoms with E-state index in [9.17, 15) is 35.5 Å². The van der Waals surface area contributed by atoms with Crippen LogP contribution < -0.4 is 4.90 Å². The minimum Gasteiger partial charge on any atom is -0.465 e. The summed E-state index contributed by atoms with van der Waals surface area (Å²) >= 11 is 0. The Kier molecular flexibility index (Phi) is 4.64. The molecule has 0 saturated carbocycles. The van der Waals surface area contributed by atoms with Crippen molar-refractivity contribution >= 4 is 11.7 Å². The number of esters is 1. The number of methoxy groups -OCH3 is 1. The SMILES string of the molecule is COC(=O)c1ccccc1N(C)C(F)(C(F)(F)F)C(F)(F)F. The van der Waals surface area contributed by atoms with Crippen LogP contribution in [0.25, 0.3) is 0 Å². The van der Waals surface area contributed by atoms with Crippen LogP contribution in [-0.2, 0) is 4.74 Å². The van der Waals surface area contributed by atoms with E-state index < -0.39 is 40.3 Å². The predicted octanol–water partition coefficient (Wildman–Crippen LogP) is 3.70. The summed E-state index contributed by atoms with van der Waals surface area (Å²) in [5, 5.41) is 0. The normalized spacial score (nSPS) is 13.0. The molecule has 0 fully saturated rings. The summed E-state index contributed by atoms with van der Waals surface area (Å²) in [4.78, 5) is 10.7. The number of nitrogens with zero attached hydrogens (tertiary/aromatic N) is 1. The third-order valence-electron chi connectivity index (χ3n) is 2.88. The van der Waals surface area contributed by atoms with Crippen molar-refractivity contribution in [3.63, 3.8) is 0 Å². The molecule has 0 unspecified atom stereocenters. The van der Waals surface area contributed by atoms with Crippen LogP contribution in [0.2, 0.25) is 0 Å². The lowest BCUT2D eigenvalue weighted by Gasteiger charge is -2.38. The Balaban J connectivity index is 3.52. The molecular formula is C12H10F7NO2. The summed E-state index contributed by atoms with van der Waals surface area (Å²) in [6, 6.07) is 3.92. The van der Waals surface area contributed by atoms with Crippen LogP contribution in [0.15, 0.2) is 24.3 Å². The Morgan fingerprint density at radius 3 is 1.86 bits per heavy atom. The fraction of sp³-hybridized carbons (Fsp3) is 0.417. The third kappa shape index (κ3) is 2.81. The molecule has 10 heteroatoms. The van der Waals surface area contributed by atoms with E-state index in [-0.39, 0.29) is 7.05 Å². The fourth-order valence-electron chi connectivity index (χ4n) is 1.76. The summed E-state index contributed by atoms with van der Waals surface area (Å²) in [5.41, 5.74) is -1.55. The fourth-order valence-corrected chi connectivity index (χ4v) is 1.76. The Bertz CT molecular complexity index is 539. The molecule has 22 heavy (non-hydrogen) atoms. The van der Waals surface area contributed by atoms with E-state index in [0.717, 1.165) is 25.3 Å². The van der Waals surface area contributed by atoms with Crippen molar-refractivity contribution in [1.29, 1.82) is 0 Å². The van der Waals surface area contributed by atoms with E-state index in [1.54, 1.807) is 0 Å². The molecule has 1 aromatic carbocycles. The zero-order valence-electron chi connectivity index (χ0n) is 11.2. The molecule has 1 rings (SSSR count). The van der Waals surface area contributed by atoms with Gasteiger partial charge in [-0.3, -0.25) is 0 Å². The number of hydrogen-bond donors (Lipinski definition) is 0. The van der Waals surface area contributed by atoms with Crippen molar-refractivity contribution in [2.45, 2.75) is 18.1 Å². The molecule has 0 amide bonds. The molecule has 0 aliphatic carbocycles. The summed E-state index contributed by atoms with van der Waals surface area (Å²) in [6.07, 6.45) is -12.5. The first kappa shape index (κ1) is 18.1. The molecule has 0 radical (unpaired) electrons.